The average Bonchev–Trinajstić information content (AvgIpc) is 2.98. The van der Waals surface area contributed by atoms with Crippen LogP contribution in [0.1, 0.15) is 30.1 Å². The van der Waals surface area contributed by atoms with Crippen molar-refractivity contribution in [1.29, 1.82) is 0 Å². The van der Waals surface area contributed by atoms with Crippen molar-refractivity contribution in [2.24, 2.45) is 0 Å². The highest BCUT2D eigenvalue weighted by Gasteiger charge is 2.36. The summed E-state index contributed by atoms with van der Waals surface area (Å²) in [7, 11) is 0. The van der Waals surface area contributed by atoms with Crippen molar-refractivity contribution in [3.63, 3.8) is 0 Å². The van der Waals surface area contributed by atoms with Gasteiger partial charge < -0.3 is 15.3 Å². The Morgan fingerprint density at radius 2 is 2.04 bits per heavy atom. The minimum atomic E-state index is -1.03. The van der Waals surface area contributed by atoms with E-state index in [1.807, 2.05) is 0 Å². The number of carbonyl (C=O) groups is 3. The normalized spacial score (nSPS) is 18.6. The lowest BCUT2D eigenvalue weighted by Crippen LogP contribution is -2.50. The second kappa shape index (κ2) is 7.19. The van der Waals surface area contributed by atoms with Crippen LogP contribution >= 0.6 is 23.2 Å². The van der Waals surface area contributed by atoms with Crippen LogP contribution in [0.25, 0.3) is 0 Å². The van der Waals surface area contributed by atoms with Gasteiger partial charge in [-0.05, 0) is 31.9 Å². The van der Waals surface area contributed by atoms with Crippen molar-refractivity contribution in [1.82, 2.24) is 10.2 Å². The minimum Gasteiger partial charge on any atom is -0.480 e. The summed E-state index contributed by atoms with van der Waals surface area (Å²) < 4.78 is 0. The van der Waals surface area contributed by atoms with Crippen LogP contribution in [-0.2, 0) is 9.59 Å². The number of aliphatic carboxylic acids is 1. The third-order valence-corrected chi connectivity index (χ3v) is 4.55. The molecule has 0 aliphatic carbocycles. The lowest BCUT2D eigenvalue weighted by molar-refractivity contribution is -0.148. The number of benzene rings is 1. The van der Waals surface area contributed by atoms with Gasteiger partial charge in [0.2, 0.25) is 5.91 Å². The van der Waals surface area contributed by atoms with Crippen molar-refractivity contribution < 1.29 is 19.5 Å². The highest BCUT2D eigenvalue weighted by Crippen LogP contribution is 2.25. The van der Waals surface area contributed by atoms with E-state index in [0.717, 1.165) is 0 Å². The minimum absolute atomic E-state index is 0.107. The number of nitrogens with one attached hydrogen (secondary N) is 1. The maximum absolute atomic E-state index is 12.4. The largest absolute Gasteiger partial charge is 0.480 e. The highest BCUT2D eigenvalue weighted by molar-refractivity contribution is 6.43. The quantitative estimate of drug-likeness (QED) is 0.863. The van der Waals surface area contributed by atoms with E-state index >= 15 is 0 Å². The first-order chi connectivity index (χ1) is 10.8. The molecule has 1 aliphatic rings. The summed E-state index contributed by atoms with van der Waals surface area (Å²) in [6.07, 6.45) is 1.05. The van der Waals surface area contributed by atoms with Gasteiger partial charge in [0, 0.05) is 6.54 Å². The standard InChI is InChI=1S/C15H16Cl2N2O4/c1-8(14(21)19-7-3-6-11(19)15(22)23)18-13(20)9-4-2-5-10(16)12(9)17/h2,4-5,8,11H,3,6-7H2,1H3,(H,18,20)(H,22,23)/t8?,11-/m0/s1. The molecule has 0 bridgehead atoms. The van der Waals surface area contributed by atoms with E-state index in [0.29, 0.717) is 19.4 Å². The summed E-state index contributed by atoms with van der Waals surface area (Å²) in [6.45, 7) is 1.88. The average molecular weight is 359 g/mol. The molecule has 0 radical (unpaired) electrons. The molecule has 0 spiro atoms. The summed E-state index contributed by atoms with van der Waals surface area (Å²) in [5.74, 6) is -2.00. The number of carboxylic acid groups (broad SMARTS) is 1. The van der Waals surface area contributed by atoms with Crippen LogP contribution in [0.2, 0.25) is 10.0 Å². The summed E-state index contributed by atoms with van der Waals surface area (Å²) in [4.78, 5) is 37.0. The Hall–Kier alpha value is -1.79. The van der Waals surface area contributed by atoms with Crippen LogP contribution in [0, 0.1) is 0 Å². The molecular formula is C15H16Cl2N2O4. The molecule has 2 rings (SSSR count). The van der Waals surface area contributed by atoms with E-state index in [9.17, 15) is 14.4 Å². The van der Waals surface area contributed by atoms with Crippen molar-refractivity contribution in [2.75, 3.05) is 6.54 Å². The number of hydrogen-bond acceptors (Lipinski definition) is 3. The Morgan fingerprint density at radius 3 is 2.70 bits per heavy atom. The number of carbonyl (C=O) groups excluding carboxylic acids is 2. The molecule has 23 heavy (non-hydrogen) atoms. The molecule has 0 saturated carbocycles. The maximum atomic E-state index is 12.4. The van der Waals surface area contributed by atoms with Gasteiger partial charge in [0.15, 0.2) is 0 Å². The predicted octanol–water partition coefficient (Wildman–Crippen LogP) is 2.19. The molecular weight excluding hydrogens is 343 g/mol. The Bertz CT molecular complexity index is 650. The van der Waals surface area contributed by atoms with Crippen LogP contribution < -0.4 is 5.32 Å². The van der Waals surface area contributed by atoms with E-state index in [4.69, 9.17) is 28.3 Å². The second-order valence-corrected chi connectivity index (χ2v) is 6.11. The van der Waals surface area contributed by atoms with Crippen LogP contribution in [0.4, 0.5) is 0 Å². The second-order valence-electron chi connectivity index (χ2n) is 5.32. The number of nitrogens with zero attached hydrogens (tertiary/aromatic N) is 1. The molecule has 2 N–H and O–H groups in total. The first-order valence-corrected chi connectivity index (χ1v) is 7.86. The van der Waals surface area contributed by atoms with E-state index < -0.39 is 29.9 Å². The third kappa shape index (κ3) is 3.76. The molecule has 8 heteroatoms. The summed E-state index contributed by atoms with van der Waals surface area (Å²) in [5.41, 5.74) is 0.162. The zero-order valence-electron chi connectivity index (χ0n) is 12.4. The molecule has 6 nitrogen and oxygen atoms in total. The fourth-order valence-corrected chi connectivity index (χ4v) is 2.94. The van der Waals surface area contributed by atoms with Gasteiger partial charge in [-0.2, -0.15) is 0 Å². The summed E-state index contributed by atoms with van der Waals surface area (Å²) in [6, 6.07) is 2.93. The fraction of sp³-hybridized carbons (Fsp3) is 0.400. The van der Waals surface area contributed by atoms with Gasteiger partial charge in [-0.15, -0.1) is 0 Å². The number of amides is 2. The van der Waals surface area contributed by atoms with Crippen LogP contribution in [0.15, 0.2) is 18.2 Å². The molecule has 1 aliphatic heterocycles. The number of likely N-dealkylation sites (tertiary alicyclic amines) is 1. The number of rotatable bonds is 4. The Morgan fingerprint density at radius 1 is 1.35 bits per heavy atom. The molecule has 1 fully saturated rings. The molecule has 1 unspecified atom stereocenters. The molecule has 2 atom stereocenters. The lowest BCUT2D eigenvalue weighted by Gasteiger charge is -2.25. The maximum Gasteiger partial charge on any atom is 0.326 e. The molecule has 1 heterocycles. The molecule has 2 amide bonds. The third-order valence-electron chi connectivity index (χ3n) is 3.74. The molecule has 1 aromatic rings. The van der Waals surface area contributed by atoms with E-state index in [1.54, 1.807) is 12.1 Å². The molecule has 124 valence electrons. The van der Waals surface area contributed by atoms with E-state index in [1.165, 1.54) is 17.9 Å². The smallest absolute Gasteiger partial charge is 0.326 e. The Kier molecular flexibility index (Phi) is 5.49. The van der Waals surface area contributed by atoms with Crippen molar-refractivity contribution in [3.8, 4) is 0 Å². The number of carboxylic acids is 1. The lowest BCUT2D eigenvalue weighted by atomic mass is 10.1. The molecule has 0 aromatic heterocycles. The van der Waals surface area contributed by atoms with Gasteiger partial charge >= 0.3 is 5.97 Å². The van der Waals surface area contributed by atoms with Gasteiger partial charge in [0.1, 0.15) is 12.1 Å². The monoisotopic (exact) mass is 358 g/mol. The van der Waals surface area contributed by atoms with Gasteiger partial charge in [0.05, 0.1) is 15.6 Å². The first-order valence-electron chi connectivity index (χ1n) is 7.11. The Balaban J connectivity index is 2.07. The van der Waals surface area contributed by atoms with Gasteiger partial charge in [0.25, 0.3) is 5.91 Å². The Labute approximate surface area is 143 Å². The topological polar surface area (TPSA) is 86.7 Å². The van der Waals surface area contributed by atoms with Gasteiger partial charge in [-0.1, -0.05) is 29.3 Å². The van der Waals surface area contributed by atoms with Crippen LogP contribution in [-0.4, -0.2) is 46.4 Å². The fourth-order valence-electron chi connectivity index (χ4n) is 2.55. The van der Waals surface area contributed by atoms with Gasteiger partial charge in [-0.3, -0.25) is 9.59 Å². The van der Waals surface area contributed by atoms with E-state index in [-0.39, 0.29) is 15.6 Å². The summed E-state index contributed by atoms with van der Waals surface area (Å²) in [5, 5.41) is 12.0. The van der Waals surface area contributed by atoms with Crippen molar-refractivity contribution in [3.05, 3.63) is 33.8 Å². The van der Waals surface area contributed by atoms with Crippen molar-refractivity contribution in [2.45, 2.75) is 31.8 Å². The SMILES string of the molecule is CC(NC(=O)c1cccc(Cl)c1Cl)C(=O)N1CCC[C@H]1C(=O)O. The predicted molar refractivity (Wildman–Crippen MR) is 85.8 cm³/mol. The zero-order valence-corrected chi connectivity index (χ0v) is 13.9. The van der Waals surface area contributed by atoms with E-state index in [2.05, 4.69) is 5.32 Å². The number of hydrogen-bond donors (Lipinski definition) is 2. The van der Waals surface area contributed by atoms with Crippen LogP contribution in [0.3, 0.4) is 0 Å². The zero-order chi connectivity index (χ0) is 17.1. The highest BCUT2D eigenvalue weighted by atomic mass is 35.5. The molecule has 1 aromatic carbocycles. The van der Waals surface area contributed by atoms with Crippen molar-refractivity contribution >= 4 is 41.0 Å². The first kappa shape index (κ1) is 17.6. The number of halogens is 2. The molecule has 1 saturated heterocycles. The summed E-state index contributed by atoms with van der Waals surface area (Å²) >= 11 is 11.8. The van der Waals surface area contributed by atoms with Gasteiger partial charge in [-0.25, -0.2) is 4.79 Å². The van der Waals surface area contributed by atoms with Crippen LogP contribution in [0.5, 0.6) is 0 Å².